The molecule has 1 heterocycles. The van der Waals surface area contributed by atoms with Gasteiger partial charge in [-0.2, -0.15) is 5.10 Å². The molecule has 146 valence electrons. The number of hydrogen-bond donors (Lipinski definition) is 0. The number of amides is 1. The molecular formula is C21H22ClN3O3. The Labute approximate surface area is 169 Å². The van der Waals surface area contributed by atoms with Crippen LogP contribution in [0.5, 0.6) is 11.5 Å². The maximum atomic E-state index is 12.8. The molecule has 1 aromatic heterocycles. The lowest BCUT2D eigenvalue weighted by atomic mass is 10.1. The van der Waals surface area contributed by atoms with E-state index in [-0.39, 0.29) is 5.91 Å². The summed E-state index contributed by atoms with van der Waals surface area (Å²) in [6.07, 6.45) is 1.57. The van der Waals surface area contributed by atoms with Crippen LogP contribution in [0.15, 0.2) is 54.7 Å². The van der Waals surface area contributed by atoms with Crippen molar-refractivity contribution in [3.05, 3.63) is 76.6 Å². The zero-order chi connectivity index (χ0) is 20.1. The average molecular weight is 400 g/mol. The lowest BCUT2D eigenvalue weighted by Gasteiger charge is -2.18. The molecule has 6 nitrogen and oxygen atoms in total. The third-order valence-corrected chi connectivity index (χ3v) is 4.70. The highest BCUT2D eigenvalue weighted by Gasteiger charge is 2.16. The van der Waals surface area contributed by atoms with Crippen molar-refractivity contribution < 1.29 is 14.3 Å². The zero-order valence-corrected chi connectivity index (χ0v) is 16.8. The SMILES string of the molecule is COc1ccccc1OCc1cccc(C(=O)N(C)Cc2c(Cl)cnn2C)c1. The van der Waals surface area contributed by atoms with E-state index in [1.165, 1.54) is 0 Å². The normalized spacial score (nSPS) is 10.6. The minimum absolute atomic E-state index is 0.101. The van der Waals surface area contributed by atoms with Crippen LogP contribution < -0.4 is 9.47 Å². The van der Waals surface area contributed by atoms with Crippen molar-refractivity contribution >= 4 is 17.5 Å². The molecular weight excluding hydrogens is 378 g/mol. The number of rotatable bonds is 7. The van der Waals surface area contributed by atoms with E-state index in [9.17, 15) is 4.79 Å². The van der Waals surface area contributed by atoms with Crippen LogP contribution in [0, 0.1) is 0 Å². The third-order valence-electron chi connectivity index (χ3n) is 4.38. The molecule has 0 aliphatic carbocycles. The first kappa shape index (κ1) is 19.8. The summed E-state index contributed by atoms with van der Waals surface area (Å²) < 4.78 is 12.8. The predicted molar refractivity (Wildman–Crippen MR) is 108 cm³/mol. The summed E-state index contributed by atoms with van der Waals surface area (Å²) in [7, 11) is 5.14. The number of benzene rings is 2. The van der Waals surface area contributed by atoms with Crippen LogP contribution in [0.4, 0.5) is 0 Å². The molecule has 0 aliphatic rings. The number of aromatic nitrogens is 2. The van der Waals surface area contributed by atoms with Gasteiger partial charge in [-0.15, -0.1) is 0 Å². The lowest BCUT2D eigenvalue weighted by Crippen LogP contribution is -2.27. The van der Waals surface area contributed by atoms with Gasteiger partial charge in [-0.1, -0.05) is 35.9 Å². The molecule has 0 fully saturated rings. The number of nitrogens with zero attached hydrogens (tertiary/aromatic N) is 3. The second kappa shape index (κ2) is 8.80. The summed E-state index contributed by atoms with van der Waals surface area (Å²) in [4.78, 5) is 14.4. The Morgan fingerprint density at radius 3 is 2.61 bits per heavy atom. The highest BCUT2D eigenvalue weighted by atomic mass is 35.5. The van der Waals surface area contributed by atoms with Gasteiger partial charge in [0.15, 0.2) is 11.5 Å². The zero-order valence-electron chi connectivity index (χ0n) is 16.1. The van der Waals surface area contributed by atoms with Crippen molar-refractivity contribution in [3.8, 4) is 11.5 Å². The highest BCUT2D eigenvalue weighted by Crippen LogP contribution is 2.26. The summed E-state index contributed by atoms with van der Waals surface area (Å²) in [5.74, 6) is 1.23. The van der Waals surface area contributed by atoms with Crippen LogP contribution in [0.25, 0.3) is 0 Å². The summed E-state index contributed by atoms with van der Waals surface area (Å²) in [5.41, 5.74) is 2.26. The molecule has 0 bridgehead atoms. The van der Waals surface area contributed by atoms with E-state index in [4.69, 9.17) is 21.1 Å². The number of para-hydroxylation sites is 2. The van der Waals surface area contributed by atoms with E-state index in [1.807, 2.05) is 42.5 Å². The van der Waals surface area contributed by atoms with Crippen LogP contribution in [0.2, 0.25) is 5.02 Å². The fourth-order valence-electron chi connectivity index (χ4n) is 2.82. The average Bonchev–Trinajstić information content (AvgIpc) is 3.04. The summed E-state index contributed by atoms with van der Waals surface area (Å²) in [6.45, 7) is 0.703. The minimum atomic E-state index is -0.101. The van der Waals surface area contributed by atoms with Gasteiger partial charge in [0.05, 0.1) is 30.6 Å². The van der Waals surface area contributed by atoms with Gasteiger partial charge >= 0.3 is 0 Å². The van der Waals surface area contributed by atoms with Crippen molar-refractivity contribution in [2.75, 3.05) is 14.2 Å². The van der Waals surface area contributed by atoms with Crippen molar-refractivity contribution in [3.63, 3.8) is 0 Å². The van der Waals surface area contributed by atoms with Gasteiger partial charge in [-0.3, -0.25) is 9.48 Å². The van der Waals surface area contributed by atoms with Crippen molar-refractivity contribution in [1.29, 1.82) is 0 Å². The molecule has 1 amide bonds. The topological polar surface area (TPSA) is 56.6 Å². The number of halogens is 1. The molecule has 0 unspecified atom stereocenters. The second-order valence-corrected chi connectivity index (χ2v) is 6.77. The maximum absolute atomic E-state index is 12.8. The fraction of sp³-hybridized carbons (Fsp3) is 0.238. The Hall–Kier alpha value is -2.99. The molecule has 0 aliphatic heterocycles. The number of methoxy groups -OCH3 is 1. The molecule has 3 aromatic rings. The standard InChI is InChI=1S/C21H22ClN3O3/c1-24(13-18-17(22)12-23-25(18)2)21(26)16-8-6-7-15(11-16)14-28-20-10-5-4-9-19(20)27-3/h4-12H,13-14H2,1-3H3. The molecule has 0 saturated heterocycles. The van der Waals surface area contributed by atoms with Crippen LogP contribution in [-0.4, -0.2) is 34.7 Å². The first-order chi connectivity index (χ1) is 13.5. The molecule has 0 saturated carbocycles. The monoisotopic (exact) mass is 399 g/mol. The van der Waals surface area contributed by atoms with E-state index in [0.29, 0.717) is 35.2 Å². The van der Waals surface area contributed by atoms with Gasteiger partial charge in [0.25, 0.3) is 5.91 Å². The van der Waals surface area contributed by atoms with Gasteiger partial charge in [-0.05, 0) is 29.8 Å². The van der Waals surface area contributed by atoms with Crippen LogP contribution >= 0.6 is 11.6 Å². The third kappa shape index (κ3) is 4.46. The molecule has 28 heavy (non-hydrogen) atoms. The molecule has 0 radical (unpaired) electrons. The van der Waals surface area contributed by atoms with Crippen molar-refractivity contribution in [2.45, 2.75) is 13.2 Å². The summed E-state index contributed by atoms with van der Waals surface area (Å²) >= 11 is 6.14. The number of ether oxygens (including phenoxy) is 2. The Bertz CT molecular complexity index is 952. The van der Waals surface area contributed by atoms with Gasteiger partial charge in [0.2, 0.25) is 0 Å². The summed E-state index contributed by atoms with van der Waals surface area (Å²) in [6, 6.07) is 14.8. The van der Waals surface area contributed by atoms with Gasteiger partial charge in [0, 0.05) is 19.7 Å². The Kier molecular flexibility index (Phi) is 6.21. The lowest BCUT2D eigenvalue weighted by molar-refractivity contribution is 0.0782. The quantitative estimate of drug-likeness (QED) is 0.604. The minimum Gasteiger partial charge on any atom is -0.493 e. The highest BCUT2D eigenvalue weighted by molar-refractivity contribution is 6.31. The first-order valence-corrected chi connectivity index (χ1v) is 9.14. The van der Waals surface area contributed by atoms with Crippen LogP contribution in [0.3, 0.4) is 0 Å². The Balaban J connectivity index is 1.69. The molecule has 3 rings (SSSR count). The first-order valence-electron chi connectivity index (χ1n) is 8.76. The van der Waals surface area contributed by atoms with E-state index in [2.05, 4.69) is 5.10 Å². The fourth-order valence-corrected chi connectivity index (χ4v) is 3.05. The van der Waals surface area contributed by atoms with Crippen molar-refractivity contribution in [1.82, 2.24) is 14.7 Å². The van der Waals surface area contributed by atoms with E-state index in [0.717, 1.165) is 11.3 Å². The smallest absolute Gasteiger partial charge is 0.253 e. The number of carbonyl (C=O) groups excluding carboxylic acids is 1. The largest absolute Gasteiger partial charge is 0.493 e. The second-order valence-electron chi connectivity index (χ2n) is 6.36. The van der Waals surface area contributed by atoms with Crippen LogP contribution in [-0.2, 0) is 20.2 Å². The number of aryl methyl sites for hydroxylation is 1. The molecule has 7 heteroatoms. The van der Waals surface area contributed by atoms with Gasteiger partial charge < -0.3 is 14.4 Å². The van der Waals surface area contributed by atoms with E-state index < -0.39 is 0 Å². The molecule has 0 atom stereocenters. The van der Waals surface area contributed by atoms with Gasteiger partial charge in [0.1, 0.15) is 6.61 Å². The molecule has 0 N–H and O–H groups in total. The molecule has 0 spiro atoms. The van der Waals surface area contributed by atoms with Crippen molar-refractivity contribution in [2.24, 2.45) is 7.05 Å². The molecule has 2 aromatic carbocycles. The van der Waals surface area contributed by atoms with Crippen LogP contribution in [0.1, 0.15) is 21.6 Å². The van der Waals surface area contributed by atoms with Gasteiger partial charge in [-0.25, -0.2) is 0 Å². The Morgan fingerprint density at radius 1 is 1.18 bits per heavy atom. The Morgan fingerprint density at radius 2 is 1.93 bits per heavy atom. The summed E-state index contributed by atoms with van der Waals surface area (Å²) in [5, 5.41) is 4.65. The van der Waals surface area contributed by atoms with E-state index in [1.54, 1.807) is 43.1 Å². The number of carbonyl (C=O) groups is 1. The number of hydrogen-bond acceptors (Lipinski definition) is 4. The predicted octanol–water partition coefficient (Wildman–Crippen LogP) is 3.93. The maximum Gasteiger partial charge on any atom is 0.253 e. The van der Waals surface area contributed by atoms with E-state index >= 15 is 0 Å².